The molecule has 3 aromatic carbocycles. The summed E-state index contributed by atoms with van der Waals surface area (Å²) < 4.78 is 16.3. The van der Waals surface area contributed by atoms with Crippen molar-refractivity contribution in [2.75, 3.05) is 38.4 Å². The summed E-state index contributed by atoms with van der Waals surface area (Å²) in [7, 11) is 0. The van der Waals surface area contributed by atoms with Crippen molar-refractivity contribution in [1.82, 2.24) is 4.90 Å². The molecule has 3 aromatic rings. The normalized spacial score (nSPS) is 17.4. The van der Waals surface area contributed by atoms with Crippen LogP contribution in [0.15, 0.2) is 60.7 Å². The predicted octanol–water partition coefficient (Wildman–Crippen LogP) is 4.79. The van der Waals surface area contributed by atoms with E-state index in [1.807, 2.05) is 59.5 Å². The second kappa shape index (κ2) is 9.56. The van der Waals surface area contributed by atoms with Crippen LogP contribution in [-0.4, -0.2) is 49.8 Å². The highest BCUT2D eigenvalue weighted by Gasteiger charge is 2.51. The molecule has 2 fully saturated rings. The number of fused-ring (bicyclic) bond motifs is 1. The number of rotatable bonds is 6. The van der Waals surface area contributed by atoms with Gasteiger partial charge in [0.1, 0.15) is 0 Å². The van der Waals surface area contributed by atoms with Gasteiger partial charge in [-0.3, -0.25) is 9.59 Å². The van der Waals surface area contributed by atoms with Crippen LogP contribution in [0.3, 0.4) is 0 Å². The maximum absolute atomic E-state index is 13.4. The van der Waals surface area contributed by atoms with E-state index in [1.54, 1.807) is 0 Å². The lowest BCUT2D eigenvalue weighted by Crippen LogP contribution is -2.40. The van der Waals surface area contributed by atoms with Gasteiger partial charge in [0, 0.05) is 24.3 Å². The summed E-state index contributed by atoms with van der Waals surface area (Å²) >= 11 is 0. The third kappa shape index (κ3) is 4.44. The molecule has 0 unspecified atom stereocenters. The van der Waals surface area contributed by atoms with Gasteiger partial charge in [0.05, 0.1) is 18.6 Å². The standard InChI is InChI=1S/C30H30N2O5/c1-2-20-7-9-24(31-29(34)30(11-12-30)23-8-10-26-27(17-23)37-19-36-26)18-25(20)21-3-5-22(6-4-21)28(33)32-13-15-35-16-14-32/h3-10,17-18H,2,11-16,19H2,1H3,(H,31,34). The number of ether oxygens (including phenoxy) is 3. The van der Waals surface area contributed by atoms with Crippen LogP contribution < -0.4 is 14.8 Å². The highest BCUT2D eigenvalue weighted by atomic mass is 16.7. The van der Waals surface area contributed by atoms with E-state index in [2.05, 4.69) is 18.3 Å². The minimum atomic E-state index is -0.536. The number of carbonyl (C=O) groups is 2. The van der Waals surface area contributed by atoms with Crippen LogP contribution in [0, 0.1) is 0 Å². The first-order valence-corrected chi connectivity index (χ1v) is 12.9. The molecule has 7 nitrogen and oxygen atoms in total. The van der Waals surface area contributed by atoms with Gasteiger partial charge in [-0.2, -0.15) is 0 Å². The van der Waals surface area contributed by atoms with Gasteiger partial charge >= 0.3 is 0 Å². The van der Waals surface area contributed by atoms with E-state index in [0.29, 0.717) is 37.6 Å². The summed E-state index contributed by atoms with van der Waals surface area (Å²) in [6.07, 6.45) is 2.47. The number of aryl methyl sites for hydroxylation is 1. The highest BCUT2D eigenvalue weighted by molar-refractivity contribution is 6.02. The quantitative estimate of drug-likeness (QED) is 0.529. The molecule has 0 atom stereocenters. The summed E-state index contributed by atoms with van der Waals surface area (Å²) in [5, 5.41) is 3.16. The fraction of sp³-hybridized carbons (Fsp3) is 0.333. The summed E-state index contributed by atoms with van der Waals surface area (Å²) in [4.78, 5) is 28.1. The first-order chi connectivity index (χ1) is 18.1. The Hall–Kier alpha value is -3.84. The largest absolute Gasteiger partial charge is 0.454 e. The molecule has 37 heavy (non-hydrogen) atoms. The average Bonchev–Trinajstić information content (AvgIpc) is 3.64. The lowest BCUT2D eigenvalue weighted by Gasteiger charge is -2.26. The van der Waals surface area contributed by atoms with Gasteiger partial charge in [-0.25, -0.2) is 0 Å². The summed E-state index contributed by atoms with van der Waals surface area (Å²) in [5.74, 6) is 1.44. The van der Waals surface area contributed by atoms with Crippen LogP contribution in [0.1, 0.15) is 41.3 Å². The lowest BCUT2D eigenvalue weighted by atomic mass is 9.93. The van der Waals surface area contributed by atoms with Gasteiger partial charge < -0.3 is 24.4 Å². The van der Waals surface area contributed by atoms with Crippen LogP contribution >= 0.6 is 0 Å². The molecule has 6 rings (SSSR count). The SMILES string of the molecule is CCc1ccc(NC(=O)C2(c3ccc4c(c3)OCO4)CC2)cc1-c1ccc(C(=O)N2CCOCC2)cc1. The summed E-state index contributed by atoms with van der Waals surface area (Å²) in [6.45, 7) is 4.74. The minimum absolute atomic E-state index is 0.00646. The van der Waals surface area contributed by atoms with E-state index < -0.39 is 5.41 Å². The molecule has 1 saturated heterocycles. The Balaban J connectivity index is 1.22. The molecule has 1 aliphatic carbocycles. The fourth-order valence-corrected chi connectivity index (χ4v) is 5.19. The molecule has 3 aliphatic rings. The Morgan fingerprint density at radius 1 is 0.919 bits per heavy atom. The van der Waals surface area contributed by atoms with E-state index in [0.717, 1.165) is 47.4 Å². The molecule has 1 N–H and O–H groups in total. The topological polar surface area (TPSA) is 77.1 Å². The van der Waals surface area contributed by atoms with Crippen molar-refractivity contribution in [3.05, 3.63) is 77.4 Å². The number of carbonyl (C=O) groups excluding carboxylic acids is 2. The first kappa shape index (κ1) is 23.6. The van der Waals surface area contributed by atoms with Crippen molar-refractivity contribution in [3.8, 4) is 22.6 Å². The Kier molecular flexibility index (Phi) is 6.08. The zero-order valence-corrected chi connectivity index (χ0v) is 20.9. The van der Waals surface area contributed by atoms with Gasteiger partial charge in [-0.15, -0.1) is 0 Å². The Morgan fingerprint density at radius 3 is 2.41 bits per heavy atom. The minimum Gasteiger partial charge on any atom is -0.454 e. The van der Waals surface area contributed by atoms with Gasteiger partial charge in [-0.05, 0) is 77.9 Å². The monoisotopic (exact) mass is 498 g/mol. The summed E-state index contributed by atoms with van der Waals surface area (Å²) in [5.41, 5.74) is 5.11. The van der Waals surface area contributed by atoms with Gasteiger partial charge in [0.15, 0.2) is 11.5 Å². The molecule has 190 valence electrons. The van der Waals surface area contributed by atoms with Crippen molar-refractivity contribution in [3.63, 3.8) is 0 Å². The molecule has 0 aromatic heterocycles. The number of nitrogens with zero attached hydrogens (tertiary/aromatic N) is 1. The van der Waals surface area contributed by atoms with E-state index in [9.17, 15) is 9.59 Å². The second-order valence-corrected chi connectivity index (χ2v) is 9.81. The number of hydrogen-bond donors (Lipinski definition) is 1. The zero-order valence-electron chi connectivity index (χ0n) is 20.9. The van der Waals surface area contributed by atoms with E-state index in [4.69, 9.17) is 14.2 Å². The molecule has 0 bridgehead atoms. The number of nitrogens with one attached hydrogen (secondary N) is 1. The predicted molar refractivity (Wildman–Crippen MR) is 140 cm³/mol. The second-order valence-electron chi connectivity index (χ2n) is 9.81. The van der Waals surface area contributed by atoms with E-state index in [1.165, 1.54) is 5.56 Å². The van der Waals surface area contributed by atoms with Crippen molar-refractivity contribution in [2.24, 2.45) is 0 Å². The lowest BCUT2D eigenvalue weighted by molar-refractivity contribution is -0.118. The maximum atomic E-state index is 13.4. The van der Waals surface area contributed by atoms with Gasteiger partial charge in [0.2, 0.25) is 12.7 Å². The van der Waals surface area contributed by atoms with Gasteiger partial charge in [-0.1, -0.05) is 31.2 Å². The Morgan fingerprint density at radius 2 is 1.68 bits per heavy atom. The average molecular weight is 499 g/mol. The van der Waals surface area contributed by atoms with Crippen molar-refractivity contribution in [2.45, 2.75) is 31.6 Å². The molecule has 2 aliphatic heterocycles. The van der Waals surface area contributed by atoms with E-state index >= 15 is 0 Å². The van der Waals surface area contributed by atoms with Crippen LogP contribution in [0.2, 0.25) is 0 Å². The number of amides is 2. The molecular weight excluding hydrogens is 468 g/mol. The Bertz CT molecular complexity index is 1340. The third-order valence-corrected chi connectivity index (χ3v) is 7.60. The molecule has 2 heterocycles. The molecule has 0 radical (unpaired) electrons. The Labute approximate surface area is 216 Å². The van der Waals surface area contributed by atoms with Crippen LogP contribution in [0.25, 0.3) is 11.1 Å². The number of hydrogen-bond acceptors (Lipinski definition) is 5. The smallest absolute Gasteiger partial charge is 0.254 e. The van der Waals surface area contributed by atoms with Crippen molar-refractivity contribution < 1.29 is 23.8 Å². The number of morpholine rings is 1. The third-order valence-electron chi connectivity index (χ3n) is 7.60. The summed E-state index contributed by atoms with van der Waals surface area (Å²) in [6, 6.07) is 19.6. The molecule has 0 spiro atoms. The zero-order chi connectivity index (χ0) is 25.4. The number of anilines is 1. The molecular formula is C30H30N2O5. The van der Waals surface area contributed by atoms with Gasteiger partial charge in [0.25, 0.3) is 5.91 Å². The molecule has 2 amide bonds. The van der Waals surface area contributed by atoms with Crippen molar-refractivity contribution >= 4 is 17.5 Å². The van der Waals surface area contributed by atoms with E-state index in [-0.39, 0.29) is 18.6 Å². The fourth-order valence-electron chi connectivity index (χ4n) is 5.19. The molecule has 7 heteroatoms. The van der Waals surface area contributed by atoms with Crippen LogP contribution in [0.5, 0.6) is 11.5 Å². The highest BCUT2D eigenvalue weighted by Crippen LogP contribution is 2.51. The maximum Gasteiger partial charge on any atom is 0.254 e. The van der Waals surface area contributed by atoms with Crippen LogP contribution in [-0.2, 0) is 21.4 Å². The first-order valence-electron chi connectivity index (χ1n) is 12.9. The van der Waals surface area contributed by atoms with Crippen LogP contribution in [0.4, 0.5) is 5.69 Å². The number of benzene rings is 3. The van der Waals surface area contributed by atoms with Crippen molar-refractivity contribution in [1.29, 1.82) is 0 Å². The molecule has 1 saturated carbocycles.